The van der Waals surface area contributed by atoms with E-state index in [2.05, 4.69) is 68.2 Å². The van der Waals surface area contributed by atoms with Gasteiger partial charge in [0.2, 0.25) is 0 Å². The van der Waals surface area contributed by atoms with Gasteiger partial charge in [-0.25, -0.2) is 0 Å². The summed E-state index contributed by atoms with van der Waals surface area (Å²) in [6, 6.07) is 21.2. The first kappa shape index (κ1) is 10.6. The molecule has 0 nitrogen and oxygen atoms in total. The van der Waals surface area contributed by atoms with E-state index in [1.54, 1.807) is 0 Å². The zero-order valence-electron chi connectivity index (χ0n) is 8.43. The van der Waals surface area contributed by atoms with Gasteiger partial charge in [0.25, 0.3) is 0 Å². The second-order valence-corrected chi connectivity index (χ2v) is 6.55. The Morgan fingerprint density at radius 1 is 0.600 bits per heavy atom. The maximum absolute atomic E-state index is 2.42. The Morgan fingerprint density at radius 3 is 1.40 bits per heavy atom. The Balaban J connectivity index is 2.16. The number of hydrogen-bond acceptors (Lipinski definition) is 0. The molecule has 0 saturated heterocycles. The molecule has 72 valence electrons. The molecular formula is C14H12Hf. The molecule has 2 aromatic carbocycles. The summed E-state index contributed by atoms with van der Waals surface area (Å²) >= 11 is -0.721. The van der Waals surface area contributed by atoms with Gasteiger partial charge in [-0.05, 0) is 0 Å². The van der Waals surface area contributed by atoms with Crippen LogP contribution < -0.4 is 0 Å². The van der Waals surface area contributed by atoms with Crippen LogP contribution in [0.4, 0.5) is 0 Å². The average molecular weight is 359 g/mol. The van der Waals surface area contributed by atoms with Gasteiger partial charge in [-0.15, -0.1) is 0 Å². The summed E-state index contributed by atoms with van der Waals surface area (Å²) in [4.78, 5) is 0. The topological polar surface area (TPSA) is 0 Å². The van der Waals surface area contributed by atoms with Crippen molar-refractivity contribution in [1.82, 2.24) is 0 Å². The first-order valence-corrected chi connectivity index (χ1v) is 9.12. The summed E-state index contributed by atoms with van der Waals surface area (Å²) in [6.07, 6.45) is 0. The van der Waals surface area contributed by atoms with Crippen LogP contribution in [-0.4, -0.2) is 7.52 Å². The van der Waals surface area contributed by atoms with Gasteiger partial charge in [0.05, 0.1) is 0 Å². The van der Waals surface area contributed by atoms with Gasteiger partial charge < -0.3 is 0 Å². The Labute approximate surface area is 101 Å². The molecule has 0 spiro atoms. The van der Waals surface area contributed by atoms with Gasteiger partial charge in [0.1, 0.15) is 0 Å². The van der Waals surface area contributed by atoms with Crippen molar-refractivity contribution in [2.75, 3.05) is 0 Å². The molecule has 0 heterocycles. The van der Waals surface area contributed by atoms with Gasteiger partial charge in [0.15, 0.2) is 0 Å². The van der Waals surface area contributed by atoms with Gasteiger partial charge in [0, 0.05) is 0 Å². The van der Waals surface area contributed by atoms with Crippen molar-refractivity contribution in [2.45, 2.75) is 0 Å². The van der Waals surface area contributed by atoms with Crippen LogP contribution in [0.5, 0.6) is 0 Å². The molecule has 0 aliphatic heterocycles. The zero-order valence-corrected chi connectivity index (χ0v) is 12.0. The molecule has 2 aromatic rings. The molecule has 0 unspecified atom stereocenters. The fourth-order valence-electron chi connectivity index (χ4n) is 1.33. The molecule has 1 heteroatoms. The van der Waals surface area contributed by atoms with E-state index in [0.29, 0.717) is 0 Å². The number of hydrogen-bond donors (Lipinski definition) is 0. The van der Waals surface area contributed by atoms with Crippen LogP contribution in [0.3, 0.4) is 0 Å². The van der Waals surface area contributed by atoms with Crippen molar-refractivity contribution < 1.29 is 21.9 Å². The quantitative estimate of drug-likeness (QED) is 0.724. The summed E-state index contributed by atoms with van der Waals surface area (Å²) in [7, 11) is 0. The molecule has 0 aliphatic rings. The normalized spacial score (nSPS) is 9.07. The van der Waals surface area contributed by atoms with Crippen LogP contribution in [0.25, 0.3) is 0 Å². The SMILES string of the molecule is [CH](=[Hf]=[CH]c1ccccc1)c1ccccc1. The number of benzene rings is 2. The molecule has 0 amide bonds. The molecule has 0 aliphatic carbocycles. The third kappa shape index (κ3) is 3.60. The third-order valence-corrected chi connectivity index (χ3v) is 5.69. The first-order chi connectivity index (χ1) is 7.45. The van der Waals surface area contributed by atoms with E-state index < -0.39 is 21.9 Å². The standard InChI is InChI=1S/2C7H6.Hf/c2*1-7-5-3-2-4-6-7;/h2*1-6H;. The van der Waals surface area contributed by atoms with Crippen LogP contribution >= 0.6 is 0 Å². The van der Waals surface area contributed by atoms with Crippen molar-refractivity contribution in [3.63, 3.8) is 0 Å². The molecule has 0 fully saturated rings. The van der Waals surface area contributed by atoms with Gasteiger partial charge in [-0.3, -0.25) is 0 Å². The van der Waals surface area contributed by atoms with Crippen LogP contribution in [0.1, 0.15) is 11.1 Å². The van der Waals surface area contributed by atoms with Crippen LogP contribution in [0.2, 0.25) is 0 Å². The van der Waals surface area contributed by atoms with E-state index in [1.807, 2.05) is 0 Å². The Bertz CT molecular complexity index is 422. The van der Waals surface area contributed by atoms with Crippen molar-refractivity contribution >= 4 is 7.52 Å². The summed E-state index contributed by atoms with van der Waals surface area (Å²) in [5.41, 5.74) is 2.74. The third-order valence-electron chi connectivity index (χ3n) is 2.10. The van der Waals surface area contributed by atoms with Crippen LogP contribution in [-0.2, 0) is 21.9 Å². The van der Waals surface area contributed by atoms with E-state index in [1.165, 1.54) is 11.1 Å². The fraction of sp³-hybridized carbons (Fsp3) is 0. The second-order valence-electron chi connectivity index (χ2n) is 3.28. The van der Waals surface area contributed by atoms with E-state index >= 15 is 0 Å². The van der Waals surface area contributed by atoms with Crippen molar-refractivity contribution in [3.05, 3.63) is 71.8 Å². The van der Waals surface area contributed by atoms with Crippen molar-refractivity contribution in [2.24, 2.45) is 0 Å². The van der Waals surface area contributed by atoms with Gasteiger partial charge >= 0.3 is 101 Å². The molecule has 0 N–H and O–H groups in total. The molecule has 15 heavy (non-hydrogen) atoms. The predicted octanol–water partition coefficient (Wildman–Crippen LogP) is 2.77. The average Bonchev–Trinajstić information content (AvgIpc) is 2.32. The summed E-state index contributed by atoms with van der Waals surface area (Å²) in [6.45, 7) is 0. The summed E-state index contributed by atoms with van der Waals surface area (Å²) in [5.74, 6) is 0. The van der Waals surface area contributed by atoms with Crippen molar-refractivity contribution in [3.8, 4) is 0 Å². The molecule has 0 bridgehead atoms. The molecule has 0 radical (unpaired) electrons. The molecule has 0 saturated carbocycles. The predicted molar refractivity (Wildman–Crippen MR) is 63.2 cm³/mol. The van der Waals surface area contributed by atoms with Gasteiger partial charge in [-0.1, -0.05) is 0 Å². The minimum atomic E-state index is -0.721. The fourth-order valence-corrected chi connectivity index (χ4v) is 4.40. The Hall–Kier alpha value is -0.950. The van der Waals surface area contributed by atoms with E-state index in [-0.39, 0.29) is 0 Å². The molecule has 0 aromatic heterocycles. The molecule has 2 rings (SSSR count). The van der Waals surface area contributed by atoms with Crippen LogP contribution in [0, 0.1) is 0 Å². The van der Waals surface area contributed by atoms with Crippen molar-refractivity contribution in [1.29, 1.82) is 0 Å². The minimum absolute atomic E-state index is 0.721. The Morgan fingerprint density at radius 2 is 1.00 bits per heavy atom. The van der Waals surface area contributed by atoms with E-state index in [0.717, 1.165) is 0 Å². The van der Waals surface area contributed by atoms with Gasteiger partial charge in [-0.2, -0.15) is 0 Å². The molecular weight excluding hydrogens is 347 g/mol. The first-order valence-electron chi connectivity index (χ1n) is 4.98. The maximum atomic E-state index is 2.42. The summed E-state index contributed by atoms with van der Waals surface area (Å²) < 4.78 is 4.85. The molecule has 0 atom stereocenters. The van der Waals surface area contributed by atoms with Crippen LogP contribution in [0.15, 0.2) is 60.7 Å². The zero-order chi connectivity index (χ0) is 10.3. The second kappa shape index (κ2) is 5.82. The summed E-state index contributed by atoms with van der Waals surface area (Å²) in [5, 5.41) is 0. The van der Waals surface area contributed by atoms with E-state index in [4.69, 9.17) is 0 Å². The number of rotatable bonds is 2. The van der Waals surface area contributed by atoms with E-state index in [9.17, 15) is 0 Å². The monoisotopic (exact) mass is 360 g/mol. The Kier molecular flexibility index (Phi) is 4.10.